The predicted molar refractivity (Wildman–Crippen MR) is 89.1 cm³/mol. The summed E-state index contributed by atoms with van der Waals surface area (Å²) in [6, 6.07) is 0. The topological polar surface area (TPSA) is 0 Å². The van der Waals surface area contributed by atoms with Gasteiger partial charge in [-0.15, -0.1) is 0 Å². The van der Waals surface area contributed by atoms with Gasteiger partial charge in [0.1, 0.15) is 0 Å². The number of hydrogen-bond acceptors (Lipinski definition) is 0. The first-order valence-corrected chi connectivity index (χ1v) is 10.9. The van der Waals surface area contributed by atoms with Gasteiger partial charge in [-0.1, -0.05) is 57.4 Å². The van der Waals surface area contributed by atoms with Crippen molar-refractivity contribution in [1.29, 1.82) is 0 Å². The Morgan fingerprint density at radius 3 is 1.28 bits per heavy atom. The molecule has 0 aliphatic carbocycles. The van der Waals surface area contributed by atoms with Crippen LogP contribution in [0.3, 0.4) is 0 Å². The molecule has 4 atom stereocenters. The standard InChI is InChI=1S/C16H32P2/c1-15(2,3)17-11-7-9-13(17)14-10-8-12-18(14)16(4,5)6/h13-14H,7-12H2,1-6H3/t13-,14?,17-,18-/m1/s1. The Labute approximate surface area is 117 Å². The zero-order chi connectivity index (χ0) is 13.6. The zero-order valence-corrected chi connectivity index (χ0v) is 15.1. The summed E-state index contributed by atoms with van der Waals surface area (Å²) < 4.78 is 0. The van der Waals surface area contributed by atoms with Crippen LogP contribution in [0.15, 0.2) is 0 Å². The van der Waals surface area contributed by atoms with Crippen molar-refractivity contribution < 1.29 is 0 Å². The molecule has 0 nitrogen and oxygen atoms in total. The Morgan fingerprint density at radius 1 is 0.667 bits per heavy atom. The normalized spacial score (nSPS) is 38.3. The molecule has 0 aromatic carbocycles. The van der Waals surface area contributed by atoms with E-state index in [0.29, 0.717) is 10.3 Å². The third-order valence-corrected chi connectivity index (χ3v) is 12.9. The quantitative estimate of drug-likeness (QED) is 0.529. The van der Waals surface area contributed by atoms with Crippen molar-refractivity contribution in [2.24, 2.45) is 0 Å². The molecule has 2 saturated heterocycles. The Bertz CT molecular complexity index is 254. The predicted octanol–water partition coefficient (Wildman–Crippen LogP) is 5.87. The maximum absolute atomic E-state index is 2.51. The first kappa shape index (κ1) is 15.3. The first-order chi connectivity index (χ1) is 8.21. The third kappa shape index (κ3) is 3.12. The van der Waals surface area contributed by atoms with Crippen molar-refractivity contribution in [3.8, 4) is 0 Å². The van der Waals surface area contributed by atoms with E-state index in [0.717, 1.165) is 11.3 Å². The summed E-state index contributed by atoms with van der Waals surface area (Å²) in [6.45, 7) is 15.0. The molecule has 1 unspecified atom stereocenters. The largest absolute Gasteiger partial charge is 0.0974 e. The van der Waals surface area contributed by atoms with Crippen molar-refractivity contribution >= 4 is 15.8 Å². The molecule has 0 N–H and O–H groups in total. The molecule has 18 heavy (non-hydrogen) atoms. The van der Waals surface area contributed by atoms with Gasteiger partial charge in [-0.25, -0.2) is 0 Å². The highest BCUT2D eigenvalue weighted by molar-refractivity contribution is 7.64. The fourth-order valence-electron chi connectivity index (χ4n) is 4.05. The minimum Gasteiger partial charge on any atom is -0.0974 e. The van der Waals surface area contributed by atoms with Gasteiger partial charge in [0, 0.05) is 0 Å². The van der Waals surface area contributed by atoms with Gasteiger partial charge in [0.05, 0.1) is 0 Å². The molecule has 0 aromatic heterocycles. The highest BCUT2D eigenvalue weighted by Gasteiger charge is 2.46. The molecule has 0 aromatic rings. The van der Waals surface area contributed by atoms with E-state index in [9.17, 15) is 0 Å². The Kier molecular flexibility index (Phi) is 4.52. The van der Waals surface area contributed by atoms with Crippen LogP contribution in [0.4, 0.5) is 0 Å². The highest BCUT2D eigenvalue weighted by Crippen LogP contribution is 2.69. The summed E-state index contributed by atoms with van der Waals surface area (Å²) in [6.07, 6.45) is 9.29. The van der Waals surface area contributed by atoms with E-state index in [2.05, 4.69) is 41.5 Å². The molecule has 0 spiro atoms. The minimum atomic E-state index is 0.282. The summed E-state index contributed by atoms with van der Waals surface area (Å²) >= 11 is 0. The molecule has 2 heteroatoms. The third-order valence-electron chi connectivity index (χ3n) is 4.77. The fraction of sp³-hybridized carbons (Fsp3) is 1.00. The van der Waals surface area contributed by atoms with Crippen LogP contribution >= 0.6 is 15.8 Å². The van der Waals surface area contributed by atoms with E-state index >= 15 is 0 Å². The molecular weight excluding hydrogens is 254 g/mol. The lowest BCUT2D eigenvalue weighted by Gasteiger charge is -2.42. The summed E-state index contributed by atoms with van der Waals surface area (Å²) in [7, 11) is 0.564. The van der Waals surface area contributed by atoms with Gasteiger partial charge in [0.15, 0.2) is 0 Å². The average molecular weight is 286 g/mol. The summed E-state index contributed by atoms with van der Waals surface area (Å²) in [5, 5.41) is 1.19. The summed E-state index contributed by atoms with van der Waals surface area (Å²) in [5.41, 5.74) is 2.24. The Hall–Kier alpha value is 0.860. The van der Waals surface area contributed by atoms with Crippen LogP contribution in [-0.2, 0) is 0 Å². The molecule has 106 valence electrons. The van der Waals surface area contributed by atoms with Crippen LogP contribution in [0.25, 0.3) is 0 Å². The molecule has 0 radical (unpaired) electrons. The van der Waals surface area contributed by atoms with Crippen molar-refractivity contribution in [3.63, 3.8) is 0 Å². The maximum atomic E-state index is 2.51. The van der Waals surface area contributed by atoms with E-state index < -0.39 is 0 Å². The maximum Gasteiger partial charge on any atom is -0.0136 e. The first-order valence-electron chi connectivity index (χ1n) is 7.75. The second kappa shape index (κ2) is 5.33. The van der Waals surface area contributed by atoms with Gasteiger partial charge < -0.3 is 0 Å². The van der Waals surface area contributed by atoms with E-state index in [1.165, 1.54) is 12.8 Å². The van der Waals surface area contributed by atoms with E-state index in [1.54, 1.807) is 25.2 Å². The van der Waals surface area contributed by atoms with Crippen molar-refractivity contribution in [2.75, 3.05) is 12.3 Å². The monoisotopic (exact) mass is 286 g/mol. The van der Waals surface area contributed by atoms with Gasteiger partial charge in [-0.2, -0.15) is 0 Å². The van der Waals surface area contributed by atoms with Crippen LogP contribution in [-0.4, -0.2) is 34.0 Å². The van der Waals surface area contributed by atoms with Crippen LogP contribution in [0.2, 0.25) is 0 Å². The SMILES string of the molecule is CC(C)(C)[P@]1CCCC1[C@H]1CCC[P@@]1C(C)(C)C. The van der Waals surface area contributed by atoms with Gasteiger partial charge in [-0.3, -0.25) is 0 Å². The number of rotatable bonds is 1. The van der Waals surface area contributed by atoms with Gasteiger partial charge >= 0.3 is 0 Å². The van der Waals surface area contributed by atoms with Crippen LogP contribution < -0.4 is 0 Å². The van der Waals surface area contributed by atoms with Gasteiger partial charge in [-0.05, 0) is 59.6 Å². The smallest absolute Gasteiger partial charge is 0.0136 e. The lowest BCUT2D eigenvalue weighted by molar-refractivity contribution is 0.671. The Morgan fingerprint density at radius 2 is 1.00 bits per heavy atom. The lowest BCUT2D eigenvalue weighted by atomic mass is 10.1. The van der Waals surface area contributed by atoms with Gasteiger partial charge in [0.25, 0.3) is 0 Å². The fourth-order valence-corrected chi connectivity index (χ4v) is 12.2. The highest BCUT2D eigenvalue weighted by atomic mass is 31.1. The molecule has 2 fully saturated rings. The molecule has 0 saturated carbocycles. The van der Waals surface area contributed by atoms with Gasteiger partial charge in [0.2, 0.25) is 0 Å². The second-order valence-corrected chi connectivity index (χ2v) is 14.9. The van der Waals surface area contributed by atoms with Crippen LogP contribution in [0.5, 0.6) is 0 Å². The lowest BCUT2D eigenvalue weighted by Crippen LogP contribution is -2.29. The summed E-state index contributed by atoms with van der Waals surface area (Å²) in [5.74, 6) is 0. The van der Waals surface area contributed by atoms with E-state index in [4.69, 9.17) is 0 Å². The van der Waals surface area contributed by atoms with Crippen LogP contribution in [0, 0.1) is 0 Å². The molecular formula is C16H32P2. The van der Waals surface area contributed by atoms with Crippen LogP contribution in [0.1, 0.15) is 67.2 Å². The van der Waals surface area contributed by atoms with Crippen molar-refractivity contribution in [3.05, 3.63) is 0 Å². The number of hydrogen-bond donors (Lipinski definition) is 0. The zero-order valence-electron chi connectivity index (χ0n) is 13.3. The average Bonchev–Trinajstić information content (AvgIpc) is 2.83. The second-order valence-electron chi connectivity index (χ2n) is 8.15. The van der Waals surface area contributed by atoms with E-state index in [1.807, 2.05) is 0 Å². The Balaban J connectivity index is 2.15. The molecule has 2 aliphatic heterocycles. The van der Waals surface area contributed by atoms with E-state index in [-0.39, 0.29) is 15.8 Å². The summed E-state index contributed by atoms with van der Waals surface area (Å²) in [4.78, 5) is 0. The molecule has 0 amide bonds. The van der Waals surface area contributed by atoms with Crippen molar-refractivity contribution in [1.82, 2.24) is 0 Å². The molecule has 2 heterocycles. The molecule has 2 rings (SSSR count). The van der Waals surface area contributed by atoms with Crippen molar-refractivity contribution in [2.45, 2.75) is 88.9 Å². The minimum absolute atomic E-state index is 0.282. The molecule has 0 bridgehead atoms. The molecule has 2 aliphatic rings.